The number of benzene rings is 4. The third kappa shape index (κ3) is 8.55. The Bertz CT molecular complexity index is 1750. The van der Waals surface area contributed by atoms with E-state index in [0.29, 0.717) is 0 Å². The van der Waals surface area contributed by atoms with Crippen molar-refractivity contribution in [3.05, 3.63) is 163 Å². The van der Waals surface area contributed by atoms with E-state index in [9.17, 15) is 0 Å². The molecule has 0 aliphatic carbocycles. The molecule has 2 heterocycles. The van der Waals surface area contributed by atoms with Crippen LogP contribution in [0.1, 0.15) is 25.3 Å². The van der Waals surface area contributed by atoms with Crippen LogP contribution in [0.3, 0.4) is 0 Å². The molecule has 0 fully saturated rings. The summed E-state index contributed by atoms with van der Waals surface area (Å²) in [4.78, 5) is 9.06. The second kappa shape index (κ2) is 15.0. The van der Waals surface area contributed by atoms with Crippen LogP contribution >= 0.6 is 0 Å². The summed E-state index contributed by atoms with van der Waals surface area (Å²) in [5, 5.41) is 1.38. The molecule has 0 saturated heterocycles. The quantitative estimate of drug-likeness (QED) is 0.125. The largest absolute Gasteiger partial charge is 0.305 e. The average Bonchev–Trinajstić information content (AvgIpc) is 3.06. The van der Waals surface area contributed by atoms with E-state index in [1.165, 1.54) is 16.3 Å². The van der Waals surface area contributed by atoms with Gasteiger partial charge in [-0.2, -0.15) is 0 Å². The summed E-state index contributed by atoms with van der Waals surface area (Å²) in [6.45, 7) is 8.93. The van der Waals surface area contributed by atoms with Gasteiger partial charge in [-0.05, 0) is 39.3 Å². The first-order valence-electron chi connectivity index (χ1n) is 14.7. The fraction of sp³-hybridized carbons (Fsp3) is 0.128. The first kappa shape index (κ1) is 30.5. The summed E-state index contributed by atoms with van der Waals surface area (Å²) >= 11 is 0. The fourth-order valence-corrected chi connectivity index (χ4v) is 5.68. The van der Waals surface area contributed by atoms with E-state index in [1.54, 1.807) is 6.20 Å². The van der Waals surface area contributed by atoms with Crippen LogP contribution in [0, 0.1) is 12.1 Å². The van der Waals surface area contributed by atoms with Crippen LogP contribution < -0.4 is 5.19 Å². The molecule has 4 aromatic carbocycles. The van der Waals surface area contributed by atoms with Crippen molar-refractivity contribution in [1.82, 2.24) is 9.97 Å². The zero-order valence-electron chi connectivity index (χ0n) is 26.0. The molecule has 43 heavy (non-hydrogen) atoms. The molecule has 0 bridgehead atoms. The van der Waals surface area contributed by atoms with Gasteiger partial charge in [0.15, 0.2) is 0 Å². The monoisotopic (exact) mass is 754 g/mol. The molecule has 0 aliphatic rings. The second-order valence-corrected chi connectivity index (χ2v) is 16.3. The molecule has 1 unspecified atom stereocenters. The zero-order chi connectivity index (χ0) is 30.3. The van der Waals surface area contributed by atoms with Crippen molar-refractivity contribution in [1.29, 1.82) is 0 Å². The number of pyridine rings is 2. The number of hydrogen-bond acceptors (Lipinski definition) is 2. The van der Waals surface area contributed by atoms with Crippen molar-refractivity contribution in [2.75, 3.05) is 0 Å². The number of aromatic nitrogens is 2. The Labute approximate surface area is 272 Å². The molecule has 0 spiro atoms. The van der Waals surface area contributed by atoms with Crippen LogP contribution in [0.15, 0.2) is 140 Å². The first-order valence-corrected chi connectivity index (χ1v) is 17.7. The first-order chi connectivity index (χ1) is 20.7. The molecule has 1 radical (unpaired) electrons. The van der Waals surface area contributed by atoms with E-state index >= 15 is 0 Å². The summed E-state index contributed by atoms with van der Waals surface area (Å²) in [5.74, 6) is -0.798. The van der Waals surface area contributed by atoms with Crippen molar-refractivity contribution in [2.24, 2.45) is 0 Å². The SMILES string of the molecule is C[Si](C)(C)c1ccc(-c2[c-]ccc(-c3ccccc3)c2)nc1.[2H]C(C)(c1ccccc1)c1ccnc(-c2[c-]cccc2)c1.[Ir]. The summed E-state index contributed by atoms with van der Waals surface area (Å²) in [5.41, 5.74) is 8.14. The molecule has 0 saturated carbocycles. The minimum absolute atomic E-state index is 0. The van der Waals surface area contributed by atoms with Gasteiger partial charge in [0.1, 0.15) is 0 Å². The van der Waals surface area contributed by atoms with Crippen LogP contribution in [0.5, 0.6) is 0 Å². The standard InChI is InChI=1S/C20H20NSi.C19H16N.Ir/c1-22(2,3)19-12-13-20(21-15-19)18-11-7-10-17(14-18)16-8-5-4-6-9-16;1-15(16-8-4-2-5-9-16)18-12-13-20-19(14-18)17-10-6-3-7-11-17;/h4-10,12-15H,1-3H3;2-10,12-15H,1H3;/q2*-1;/i;15D;. The Morgan fingerprint density at radius 1 is 0.628 bits per heavy atom. The molecule has 2 nitrogen and oxygen atoms in total. The predicted molar refractivity (Wildman–Crippen MR) is 179 cm³/mol. The van der Waals surface area contributed by atoms with Crippen molar-refractivity contribution < 1.29 is 21.5 Å². The Hall–Kier alpha value is -3.95. The topological polar surface area (TPSA) is 25.8 Å². The molecule has 6 rings (SSSR count). The molecule has 6 aromatic rings. The fourth-order valence-electron chi connectivity index (χ4n) is 4.64. The summed E-state index contributed by atoms with van der Waals surface area (Å²) in [6, 6.07) is 49.0. The van der Waals surface area contributed by atoms with Crippen LogP contribution in [0.4, 0.5) is 0 Å². The van der Waals surface area contributed by atoms with E-state index < -0.39 is 14.0 Å². The van der Waals surface area contributed by atoms with Crippen LogP contribution in [-0.4, -0.2) is 18.0 Å². The molecule has 0 N–H and O–H groups in total. The smallest absolute Gasteiger partial charge is 0.0795 e. The number of hydrogen-bond donors (Lipinski definition) is 0. The van der Waals surface area contributed by atoms with Crippen molar-refractivity contribution in [3.8, 4) is 33.6 Å². The minimum Gasteiger partial charge on any atom is -0.305 e. The van der Waals surface area contributed by atoms with Gasteiger partial charge in [0, 0.05) is 39.8 Å². The molecule has 2 aromatic heterocycles. The zero-order valence-corrected chi connectivity index (χ0v) is 28.4. The van der Waals surface area contributed by atoms with Crippen molar-refractivity contribution in [3.63, 3.8) is 0 Å². The van der Waals surface area contributed by atoms with Crippen molar-refractivity contribution in [2.45, 2.75) is 32.5 Å². The normalized spacial score (nSPS) is 12.5. The van der Waals surface area contributed by atoms with Gasteiger partial charge in [-0.15, -0.1) is 71.3 Å². The van der Waals surface area contributed by atoms with Gasteiger partial charge in [-0.25, -0.2) is 0 Å². The van der Waals surface area contributed by atoms with Crippen molar-refractivity contribution >= 4 is 13.3 Å². The van der Waals surface area contributed by atoms with E-state index in [0.717, 1.165) is 33.6 Å². The maximum Gasteiger partial charge on any atom is 0.0795 e. The van der Waals surface area contributed by atoms with E-state index in [2.05, 4.69) is 90.3 Å². The van der Waals surface area contributed by atoms with Gasteiger partial charge in [0.2, 0.25) is 0 Å². The van der Waals surface area contributed by atoms with Gasteiger partial charge >= 0.3 is 0 Å². The van der Waals surface area contributed by atoms with Gasteiger partial charge in [0.25, 0.3) is 0 Å². The molecular formula is C39H36IrN2Si-2. The number of rotatable bonds is 6. The summed E-state index contributed by atoms with van der Waals surface area (Å²) < 4.78 is 8.73. The van der Waals surface area contributed by atoms with Crippen LogP contribution in [-0.2, 0) is 20.1 Å². The summed E-state index contributed by atoms with van der Waals surface area (Å²) in [7, 11) is -1.29. The van der Waals surface area contributed by atoms with Gasteiger partial charge in [-0.1, -0.05) is 105 Å². The van der Waals surface area contributed by atoms with Gasteiger partial charge < -0.3 is 9.97 Å². The molecule has 1 atom stereocenters. The third-order valence-corrected chi connectivity index (χ3v) is 9.23. The van der Waals surface area contributed by atoms with Gasteiger partial charge in [0.05, 0.1) is 8.07 Å². The van der Waals surface area contributed by atoms with Crippen LogP contribution in [0.2, 0.25) is 19.6 Å². The van der Waals surface area contributed by atoms with E-state index in [4.69, 9.17) is 1.37 Å². The predicted octanol–water partition coefficient (Wildman–Crippen LogP) is 9.46. The van der Waals surface area contributed by atoms with E-state index in [1.807, 2.05) is 92.0 Å². The minimum atomic E-state index is -1.29. The molecule has 0 amide bonds. The van der Waals surface area contributed by atoms with Gasteiger partial charge in [-0.3, -0.25) is 0 Å². The molecular weight excluding hydrogens is 717 g/mol. The molecule has 217 valence electrons. The Balaban J connectivity index is 0.000000197. The maximum atomic E-state index is 8.73. The third-order valence-electron chi connectivity index (χ3n) is 7.20. The molecule has 0 aliphatic heterocycles. The average molecular weight is 754 g/mol. The molecule has 4 heteroatoms. The maximum absolute atomic E-state index is 8.73. The second-order valence-electron chi connectivity index (χ2n) is 11.2. The Kier molecular flexibility index (Phi) is 10.6. The Morgan fingerprint density at radius 3 is 1.98 bits per heavy atom. The number of nitrogens with zero attached hydrogens (tertiary/aromatic N) is 2. The summed E-state index contributed by atoms with van der Waals surface area (Å²) in [6.07, 6.45) is 3.80. The van der Waals surface area contributed by atoms with Crippen LogP contribution in [0.25, 0.3) is 33.6 Å². The Morgan fingerprint density at radius 2 is 1.33 bits per heavy atom. The van der Waals surface area contributed by atoms with E-state index in [-0.39, 0.29) is 20.1 Å².